The van der Waals surface area contributed by atoms with E-state index in [9.17, 15) is 4.79 Å². The molecule has 0 saturated carbocycles. The van der Waals surface area contributed by atoms with Gasteiger partial charge < -0.3 is 10.1 Å². The molecule has 1 radical (unpaired) electrons. The van der Waals surface area contributed by atoms with Gasteiger partial charge in [0.1, 0.15) is 5.69 Å². The van der Waals surface area contributed by atoms with Gasteiger partial charge in [-0.3, -0.25) is 0 Å². The minimum absolute atomic E-state index is 0. The van der Waals surface area contributed by atoms with E-state index < -0.39 is 5.97 Å². The minimum atomic E-state index is -0.990. The van der Waals surface area contributed by atoms with Gasteiger partial charge in [0.15, 0.2) is 0 Å². The fourth-order valence-corrected chi connectivity index (χ4v) is 2.02. The first-order valence-corrected chi connectivity index (χ1v) is 7.13. The Morgan fingerprint density at radius 1 is 1.08 bits per heavy atom. The molecule has 0 spiro atoms. The van der Waals surface area contributed by atoms with Crippen LogP contribution in [0.25, 0.3) is 11.3 Å². The molecule has 0 saturated heterocycles. The van der Waals surface area contributed by atoms with Gasteiger partial charge in [-0.25, -0.2) is 9.78 Å². The summed E-state index contributed by atoms with van der Waals surface area (Å²) in [4.78, 5) is 18.2. The summed E-state index contributed by atoms with van der Waals surface area (Å²) in [5.41, 5.74) is 4.43. The van der Waals surface area contributed by atoms with Crippen LogP contribution in [-0.2, 0) is 20.1 Å². The Bertz CT molecular complexity index is 758. The molecule has 0 unspecified atom stereocenters. The van der Waals surface area contributed by atoms with Gasteiger partial charge in [0.05, 0.1) is 0 Å². The van der Waals surface area contributed by atoms with Gasteiger partial charge in [0.25, 0.3) is 0 Å². The van der Waals surface area contributed by atoms with E-state index in [1.165, 1.54) is 17.8 Å². The van der Waals surface area contributed by atoms with E-state index in [1.54, 1.807) is 12.1 Å². The van der Waals surface area contributed by atoms with Gasteiger partial charge in [-0.15, -0.1) is 35.9 Å². The van der Waals surface area contributed by atoms with Crippen molar-refractivity contribution in [3.8, 4) is 11.3 Å². The molecule has 0 bridgehead atoms. The molecular formula is C19H17IrN2O2-. The summed E-state index contributed by atoms with van der Waals surface area (Å²) in [5.74, 6) is -0.990. The predicted molar refractivity (Wildman–Crippen MR) is 89.2 cm³/mol. The Labute approximate surface area is 155 Å². The fraction of sp³-hybridized carbons (Fsp3) is 0.105. The largest absolute Gasteiger partial charge is 0.477 e. The maximum atomic E-state index is 10.1. The first kappa shape index (κ1) is 19.7. The molecule has 3 rings (SSSR count). The second-order valence-electron chi connectivity index (χ2n) is 4.97. The third-order valence-electron chi connectivity index (χ3n) is 2.97. The number of aryl methyl sites for hydroxylation is 2. The normalized spacial score (nSPS) is 9.25. The number of aromatic nitrogens is 2. The number of nitrogens with zero attached hydrogens (tertiary/aromatic N) is 2. The molecular weight excluding hydrogens is 480 g/mol. The van der Waals surface area contributed by atoms with Crippen LogP contribution in [0.15, 0.2) is 60.8 Å². The number of carbonyl (C=O) groups is 1. The van der Waals surface area contributed by atoms with Crippen molar-refractivity contribution in [1.82, 2.24) is 9.97 Å². The molecule has 5 heteroatoms. The number of hydrogen-bond acceptors (Lipinski definition) is 3. The number of aromatic carboxylic acids is 1. The molecule has 2 aromatic heterocycles. The van der Waals surface area contributed by atoms with E-state index in [2.05, 4.69) is 35.1 Å². The number of pyridine rings is 2. The number of rotatable bonds is 2. The van der Waals surface area contributed by atoms with Gasteiger partial charge in [0, 0.05) is 32.0 Å². The zero-order chi connectivity index (χ0) is 16.7. The van der Waals surface area contributed by atoms with E-state index in [0.29, 0.717) is 0 Å². The summed E-state index contributed by atoms with van der Waals surface area (Å²) < 4.78 is 0. The number of benzene rings is 1. The van der Waals surface area contributed by atoms with E-state index in [4.69, 9.17) is 5.11 Å². The summed E-state index contributed by atoms with van der Waals surface area (Å²) in [7, 11) is 0. The van der Waals surface area contributed by atoms with Crippen molar-refractivity contribution in [2.45, 2.75) is 13.8 Å². The molecule has 125 valence electrons. The van der Waals surface area contributed by atoms with Gasteiger partial charge in [0.2, 0.25) is 0 Å². The van der Waals surface area contributed by atoms with Crippen LogP contribution < -0.4 is 0 Å². The Kier molecular flexibility index (Phi) is 7.96. The first-order chi connectivity index (χ1) is 11.1. The third-order valence-corrected chi connectivity index (χ3v) is 2.97. The van der Waals surface area contributed by atoms with Crippen LogP contribution in [0.4, 0.5) is 0 Å². The van der Waals surface area contributed by atoms with Crippen molar-refractivity contribution in [3.05, 3.63) is 83.8 Å². The zero-order valence-electron chi connectivity index (χ0n) is 13.4. The Hall–Kier alpha value is -2.36. The van der Waals surface area contributed by atoms with Crippen LogP contribution in [0.5, 0.6) is 0 Å². The molecule has 24 heavy (non-hydrogen) atoms. The first-order valence-electron chi connectivity index (χ1n) is 7.13. The maximum Gasteiger partial charge on any atom is 0.354 e. The average Bonchev–Trinajstić information content (AvgIpc) is 2.56. The van der Waals surface area contributed by atoms with Crippen LogP contribution >= 0.6 is 0 Å². The summed E-state index contributed by atoms with van der Waals surface area (Å²) in [6.07, 6.45) is 1.45. The number of hydrogen-bond donors (Lipinski definition) is 1. The van der Waals surface area contributed by atoms with Crippen LogP contribution in [0.2, 0.25) is 0 Å². The fourth-order valence-electron chi connectivity index (χ4n) is 2.02. The zero-order valence-corrected chi connectivity index (χ0v) is 15.8. The molecule has 0 atom stereocenters. The van der Waals surface area contributed by atoms with E-state index in [-0.39, 0.29) is 25.8 Å². The minimum Gasteiger partial charge on any atom is -0.477 e. The summed E-state index contributed by atoms with van der Waals surface area (Å²) in [6, 6.07) is 20.0. The van der Waals surface area contributed by atoms with E-state index in [0.717, 1.165) is 17.0 Å². The van der Waals surface area contributed by atoms with E-state index in [1.807, 2.05) is 31.2 Å². The monoisotopic (exact) mass is 498 g/mol. The second-order valence-corrected chi connectivity index (χ2v) is 4.97. The Morgan fingerprint density at radius 3 is 2.33 bits per heavy atom. The van der Waals surface area contributed by atoms with Crippen molar-refractivity contribution in [3.63, 3.8) is 0 Å². The second kappa shape index (κ2) is 9.71. The summed E-state index contributed by atoms with van der Waals surface area (Å²) in [5, 5.41) is 8.32. The van der Waals surface area contributed by atoms with Crippen molar-refractivity contribution < 1.29 is 30.0 Å². The van der Waals surface area contributed by atoms with Crippen molar-refractivity contribution in [2.24, 2.45) is 0 Å². The van der Waals surface area contributed by atoms with Gasteiger partial charge >= 0.3 is 5.97 Å². The molecule has 1 aromatic carbocycles. The van der Waals surface area contributed by atoms with Crippen molar-refractivity contribution in [1.29, 1.82) is 0 Å². The molecule has 1 N–H and O–H groups in total. The molecule has 0 aliphatic carbocycles. The quantitative estimate of drug-likeness (QED) is 0.545. The van der Waals surface area contributed by atoms with Crippen molar-refractivity contribution >= 4 is 5.97 Å². The third kappa shape index (κ3) is 6.03. The summed E-state index contributed by atoms with van der Waals surface area (Å²) >= 11 is 0. The van der Waals surface area contributed by atoms with Crippen LogP contribution in [0, 0.1) is 19.9 Å². The van der Waals surface area contributed by atoms with Crippen LogP contribution in [0.3, 0.4) is 0 Å². The molecule has 3 aromatic rings. The van der Waals surface area contributed by atoms with Gasteiger partial charge in [-0.2, -0.15) is 0 Å². The molecule has 2 heterocycles. The van der Waals surface area contributed by atoms with Crippen LogP contribution in [0.1, 0.15) is 21.7 Å². The smallest absolute Gasteiger partial charge is 0.354 e. The maximum absolute atomic E-state index is 10.1. The standard InChI is InChI=1S/C13H12N.C6H5NO2.Ir/c1-10-8-11(2)14-13(9-10)12-6-4-3-5-7-12;8-6(9)5-3-1-2-4-7-5;/h3-6,8-9H,1-2H3;1-4H,(H,8,9);/q-1;;. The SMILES string of the molecule is Cc1cc(C)nc(-c2[c-]cccc2)c1.O=C(O)c1ccccn1.[Ir]. The molecule has 0 fully saturated rings. The summed E-state index contributed by atoms with van der Waals surface area (Å²) in [6.45, 7) is 4.10. The Balaban J connectivity index is 0.000000252. The van der Waals surface area contributed by atoms with Gasteiger partial charge in [-0.1, -0.05) is 17.7 Å². The molecule has 0 aliphatic heterocycles. The topological polar surface area (TPSA) is 63.1 Å². The van der Waals surface area contributed by atoms with E-state index >= 15 is 0 Å². The molecule has 0 amide bonds. The predicted octanol–water partition coefficient (Wildman–Crippen LogP) is 3.94. The van der Waals surface area contributed by atoms with Crippen molar-refractivity contribution in [2.75, 3.05) is 0 Å². The Morgan fingerprint density at radius 2 is 1.83 bits per heavy atom. The van der Waals surface area contributed by atoms with Crippen LogP contribution in [-0.4, -0.2) is 21.0 Å². The number of carboxylic acid groups (broad SMARTS) is 1. The van der Waals surface area contributed by atoms with Gasteiger partial charge in [-0.05, 0) is 37.7 Å². The average molecular weight is 498 g/mol. The number of carboxylic acids is 1. The molecule has 4 nitrogen and oxygen atoms in total. The molecule has 0 aliphatic rings.